The number of rotatable bonds is 6. The molecule has 3 heterocycles. The Bertz CT molecular complexity index is 1830. The molecular formula is C37H47N5O9S. The third-order valence-electron chi connectivity index (χ3n) is 10.4. The Hall–Kier alpha value is -4.42. The number of benzene rings is 1. The Balaban J connectivity index is 1.25. The molecule has 5 aliphatic rings. The largest absolute Gasteiger partial charge is 0.450 e. The van der Waals surface area contributed by atoms with Crippen LogP contribution in [0.2, 0.25) is 0 Å². The second-order valence-corrected chi connectivity index (χ2v) is 17.3. The molecule has 1 aromatic rings. The minimum absolute atomic E-state index is 0.0110. The van der Waals surface area contributed by atoms with Gasteiger partial charge in [0.1, 0.15) is 24.2 Å². The van der Waals surface area contributed by atoms with Crippen molar-refractivity contribution >= 4 is 39.7 Å². The van der Waals surface area contributed by atoms with Gasteiger partial charge in [0, 0.05) is 44.0 Å². The number of sulfonamides is 1. The highest BCUT2D eigenvalue weighted by Gasteiger charge is 2.62. The van der Waals surface area contributed by atoms with Crippen LogP contribution in [-0.2, 0) is 51.8 Å². The lowest BCUT2D eigenvalue weighted by Crippen LogP contribution is -2.60. The number of nitrogens with zero attached hydrogens (tertiary/aromatic N) is 2. The second kappa shape index (κ2) is 14.5. The van der Waals surface area contributed by atoms with Gasteiger partial charge in [-0.05, 0) is 54.7 Å². The summed E-state index contributed by atoms with van der Waals surface area (Å²) in [6, 6.07) is 3.53. The van der Waals surface area contributed by atoms with Crippen LogP contribution in [0.25, 0.3) is 0 Å². The SMILES string of the molecule is C=C[C@H]1C[C@]1(NC(=O)[C@@H]1C[C@@H]2CN1C(=O)[C@H](C(C)(C)C)NC(=O)OCCCCC#Cc1cccc3c1CN(C3)C(=O)CO2)C(=O)NS(=O)(=O)C1CC1. The number of nitrogens with one attached hydrogen (secondary N) is 3. The van der Waals surface area contributed by atoms with Crippen molar-refractivity contribution < 1.29 is 41.9 Å². The van der Waals surface area contributed by atoms with Crippen molar-refractivity contribution in [1.29, 1.82) is 0 Å². The first kappa shape index (κ1) is 37.3. The Labute approximate surface area is 304 Å². The van der Waals surface area contributed by atoms with Gasteiger partial charge in [-0.15, -0.1) is 6.58 Å². The van der Waals surface area contributed by atoms with Crippen LogP contribution < -0.4 is 15.4 Å². The Kier molecular flexibility index (Phi) is 10.4. The molecule has 5 amide bonds. The maximum absolute atomic E-state index is 14.3. The highest BCUT2D eigenvalue weighted by molar-refractivity contribution is 7.91. The van der Waals surface area contributed by atoms with E-state index in [-0.39, 0.29) is 38.5 Å². The van der Waals surface area contributed by atoms with E-state index in [1.54, 1.807) is 25.7 Å². The zero-order chi connectivity index (χ0) is 37.4. The molecule has 280 valence electrons. The lowest BCUT2D eigenvalue weighted by molar-refractivity contribution is -0.143. The highest BCUT2D eigenvalue weighted by Crippen LogP contribution is 2.45. The van der Waals surface area contributed by atoms with E-state index in [2.05, 4.69) is 33.8 Å². The van der Waals surface area contributed by atoms with E-state index >= 15 is 0 Å². The number of hydrogen-bond donors (Lipinski definition) is 3. The summed E-state index contributed by atoms with van der Waals surface area (Å²) >= 11 is 0. The molecule has 2 saturated carbocycles. The third kappa shape index (κ3) is 7.97. The summed E-state index contributed by atoms with van der Waals surface area (Å²) in [7, 11) is -3.90. The molecule has 3 N–H and O–H groups in total. The van der Waals surface area contributed by atoms with Gasteiger partial charge in [0.15, 0.2) is 0 Å². The molecular weight excluding hydrogens is 691 g/mol. The summed E-state index contributed by atoms with van der Waals surface area (Å²) in [6.07, 6.45) is 2.80. The van der Waals surface area contributed by atoms with Crippen molar-refractivity contribution in [3.8, 4) is 11.8 Å². The number of cyclic esters (lactones) is 1. The first-order chi connectivity index (χ1) is 24.6. The molecule has 0 unspecified atom stereocenters. The maximum atomic E-state index is 14.3. The van der Waals surface area contributed by atoms with Gasteiger partial charge in [0.2, 0.25) is 27.7 Å². The van der Waals surface area contributed by atoms with Gasteiger partial charge in [-0.3, -0.25) is 23.9 Å². The summed E-state index contributed by atoms with van der Waals surface area (Å²) in [6.45, 7) is 9.58. The lowest BCUT2D eigenvalue weighted by atomic mass is 9.85. The normalized spacial score (nSPS) is 28.4. The van der Waals surface area contributed by atoms with Gasteiger partial charge in [-0.25, -0.2) is 13.2 Å². The van der Waals surface area contributed by atoms with Crippen LogP contribution in [0, 0.1) is 23.2 Å². The average Bonchev–Trinajstić information content (AvgIpc) is 3.98. The minimum atomic E-state index is -3.90. The number of amides is 5. The van der Waals surface area contributed by atoms with E-state index in [4.69, 9.17) is 9.47 Å². The number of fused-ring (bicyclic) bond motifs is 3. The van der Waals surface area contributed by atoms with E-state index in [9.17, 15) is 32.4 Å². The van der Waals surface area contributed by atoms with Gasteiger partial charge in [0.05, 0.1) is 18.0 Å². The maximum Gasteiger partial charge on any atom is 0.407 e. The molecule has 52 heavy (non-hydrogen) atoms. The van der Waals surface area contributed by atoms with Crippen molar-refractivity contribution in [2.24, 2.45) is 11.3 Å². The fourth-order valence-electron chi connectivity index (χ4n) is 7.04. The van der Waals surface area contributed by atoms with Gasteiger partial charge in [-0.2, -0.15) is 0 Å². The summed E-state index contributed by atoms with van der Waals surface area (Å²) in [5.41, 5.74) is 0.463. The van der Waals surface area contributed by atoms with E-state index < -0.39 is 74.1 Å². The zero-order valence-electron chi connectivity index (χ0n) is 29.9. The monoisotopic (exact) mass is 737 g/mol. The molecule has 4 bridgehead atoms. The number of alkyl carbamates (subject to hydrolysis) is 1. The third-order valence-corrected chi connectivity index (χ3v) is 12.2. The first-order valence-corrected chi connectivity index (χ1v) is 19.4. The number of carbonyl (C=O) groups excluding carboxylic acids is 5. The second-order valence-electron chi connectivity index (χ2n) is 15.4. The van der Waals surface area contributed by atoms with Crippen LogP contribution in [0.5, 0.6) is 0 Å². The van der Waals surface area contributed by atoms with Crippen LogP contribution in [0.1, 0.15) is 82.4 Å². The van der Waals surface area contributed by atoms with Gasteiger partial charge in [-0.1, -0.05) is 50.8 Å². The molecule has 3 aliphatic heterocycles. The number of hydrogen-bond acceptors (Lipinski definition) is 9. The van der Waals surface area contributed by atoms with Gasteiger partial charge < -0.3 is 29.9 Å². The lowest BCUT2D eigenvalue weighted by Gasteiger charge is -2.35. The molecule has 2 aliphatic carbocycles. The van der Waals surface area contributed by atoms with Crippen molar-refractivity contribution in [2.45, 2.75) is 108 Å². The predicted octanol–water partition coefficient (Wildman–Crippen LogP) is 1.86. The van der Waals surface area contributed by atoms with Crippen LogP contribution in [0.3, 0.4) is 0 Å². The minimum Gasteiger partial charge on any atom is -0.450 e. The molecule has 14 nitrogen and oxygen atoms in total. The molecule has 1 aromatic carbocycles. The van der Waals surface area contributed by atoms with Crippen LogP contribution in [0.4, 0.5) is 4.79 Å². The molecule has 0 radical (unpaired) electrons. The highest BCUT2D eigenvalue weighted by atomic mass is 32.2. The summed E-state index contributed by atoms with van der Waals surface area (Å²) in [5.74, 6) is 3.49. The summed E-state index contributed by atoms with van der Waals surface area (Å²) in [4.78, 5) is 71.2. The van der Waals surface area contributed by atoms with Crippen LogP contribution >= 0.6 is 0 Å². The fourth-order valence-corrected chi connectivity index (χ4v) is 8.40. The topological polar surface area (TPSA) is 181 Å². The van der Waals surface area contributed by atoms with Crippen molar-refractivity contribution in [1.82, 2.24) is 25.2 Å². The van der Waals surface area contributed by atoms with E-state index in [1.807, 2.05) is 18.2 Å². The van der Waals surface area contributed by atoms with Gasteiger partial charge in [0.25, 0.3) is 5.91 Å². The van der Waals surface area contributed by atoms with E-state index in [0.717, 1.165) is 16.7 Å². The Morgan fingerprint density at radius 3 is 2.60 bits per heavy atom. The molecule has 15 heteroatoms. The molecule has 0 spiro atoms. The van der Waals surface area contributed by atoms with Crippen molar-refractivity contribution in [2.75, 3.05) is 19.8 Å². The van der Waals surface area contributed by atoms with Crippen LogP contribution in [-0.4, -0.2) is 96.7 Å². The predicted molar refractivity (Wildman–Crippen MR) is 188 cm³/mol. The number of ether oxygens (including phenoxy) is 2. The molecule has 6 rings (SSSR count). The van der Waals surface area contributed by atoms with Gasteiger partial charge >= 0.3 is 6.09 Å². The van der Waals surface area contributed by atoms with Crippen LogP contribution in [0.15, 0.2) is 30.9 Å². The van der Waals surface area contributed by atoms with Crippen molar-refractivity contribution in [3.05, 3.63) is 47.5 Å². The molecule has 3 fully saturated rings. The molecule has 5 atom stereocenters. The van der Waals surface area contributed by atoms with Crippen molar-refractivity contribution in [3.63, 3.8) is 0 Å². The first-order valence-electron chi connectivity index (χ1n) is 17.9. The number of carbonyl (C=O) groups is 5. The van der Waals surface area contributed by atoms with E-state index in [1.165, 1.54) is 11.0 Å². The Morgan fingerprint density at radius 1 is 1.13 bits per heavy atom. The Morgan fingerprint density at radius 2 is 1.90 bits per heavy atom. The zero-order valence-corrected chi connectivity index (χ0v) is 30.7. The summed E-state index contributed by atoms with van der Waals surface area (Å²) < 4.78 is 38.9. The molecule has 1 saturated heterocycles. The fraction of sp³-hybridized carbons (Fsp3) is 0.595. The average molecular weight is 738 g/mol. The standard InChI is InChI=1S/C37H47N5O9S/c1-5-25-18-37(25,34(46)40-52(48,49)27-14-15-27)39-32(44)29-17-26-20-42(29)33(45)31(36(2,3)4)38-35(47)50-16-9-7-6-8-11-23-12-10-13-24-19-41(21-28(23)24)30(43)22-51-26/h5,10,12-13,25-27,29,31H,1,6-7,9,14-22H2,2-4H3,(H,38,47)(H,39,44)(H,40,46)/t25-,26+,29-,31+,37+/m0/s1. The summed E-state index contributed by atoms with van der Waals surface area (Å²) in [5, 5.41) is 4.79. The smallest absolute Gasteiger partial charge is 0.407 e. The molecule has 0 aromatic heterocycles. The quantitative estimate of drug-likeness (QED) is 0.290. The van der Waals surface area contributed by atoms with E-state index in [0.29, 0.717) is 45.2 Å².